The molecule has 2 bridgehead atoms. The van der Waals surface area contributed by atoms with Gasteiger partial charge < -0.3 is 24.8 Å². The summed E-state index contributed by atoms with van der Waals surface area (Å²) in [5, 5.41) is 35.2. The second-order valence-electron chi connectivity index (χ2n) is 11.8. The van der Waals surface area contributed by atoms with Crippen molar-refractivity contribution in [2.45, 2.75) is 78.0 Å². The van der Waals surface area contributed by atoms with Crippen molar-refractivity contribution in [1.29, 1.82) is 0 Å². The first-order chi connectivity index (χ1) is 18.2. The molecule has 0 aromatic heterocycles. The third-order valence-corrected chi connectivity index (χ3v) is 9.21. The molecule has 2 saturated carbocycles. The van der Waals surface area contributed by atoms with Gasteiger partial charge in [-0.3, -0.25) is 9.59 Å². The molecule has 210 valence electrons. The summed E-state index contributed by atoms with van der Waals surface area (Å²) in [6, 6.07) is 9.22. The van der Waals surface area contributed by atoms with Crippen molar-refractivity contribution in [2.24, 2.45) is 22.7 Å². The summed E-state index contributed by atoms with van der Waals surface area (Å²) in [4.78, 5) is 38.0. The van der Waals surface area contributed by atoms with Crippen LogP contribution in [0.5, 0.6) is 0 Å². The molecule has 0 amide bonds. The number of Topliss-reactive ketones (excluding diaryl/α,β-unsaturated/α-hetero) is 1. The molecule has 3 N–H and O–H groups in total. The van der Waals surface area contributed by atoms with Gasteiger partial charge in [0.1, 0.15) is 12.2 Å². The van der Waals surface area contributed by atoms with Crippen molar-refractivity contribution in [3.8, 4) is 0 Å². The van der Waals surface area contributed by atoms with Crippen LogP contribution in [0.1, 0.15) is 53.0 Å². The van der Waals surface area contributed by atoms with Crippen LogP contribution in [-0.2, 0) is 23.9 Å². The van der Waals surface area contributed by atoms with Crippen molar-refractivity contribution in [3.63, 3.8) is 0 Å². The fourth-order valence-electron chi connectivity index (χ4n) is 7.00. The molecule has 1 aromatic rings. The molecular formula is C31H38O8. The average Bonchev–Trinajstić information content (AvgIpc) is 2.87. The fraction of sp³-hybridized carbons (Fsp3) is 0.516. The molecule has 2 fully saturated rings. The van der Waals surface area contributed by atoms with Gasteiger partial charge in [-0.15, -0.1) is 0 Å². The fourth-order valence-corrected chi connectivity index (χ4v) is 7.00. The summed E-state index contributed by atoms with van der Waals surface area (Å²) in [5.41, 5.74) is -0.300. The quantitative estimate of drug-likeness (QED) is 0.303. The van der Waals surface area contributed by atoms with E-state index in [1.807, 2.05) is 44.2 Å². The third-order valence-electron chi connectivity index (χ3n) is 9.21. The zero-order valence-corrected chi connectivity index (χ0v) is 23.1. The lowest BCUT2D eigenvalue weighted by atomic mass is 9.49. The van der Waals surface area contributed by atoms with Crippen LogP contribution in [0.4, 0.5) is 0 Å². The third kappa shape index (κ3) is 4.90. The molecule has 1 unspecified atom stereocenters. The van der Waals surface area contributed by atoms with Crippen LogP contribution >= 0.6 is 0 Å². The van der Waals surface area contributed by atoms with Crippen LogP contribution in [0.2, 0.25) is 0 Å². The molecule has 8 atom stereocenters. The topological polar surface area (TPSA) is 130 Å². The van der Waals surface area contributed by atoms with Gasteiger partial charge >= 0.3 is 11.9 Å². The van der Waals surface area contributed by atoms with Crippen LogP contribution in [0.25, 0.3) is 6.08 Å². The van der Waals surface area contributed by atoms with Gasteiger partial charge in [-0.05, 0) is 40.7 Å². The molecule has 0 heterocycles. The SMILES string of the molecule is C=C1[C@@H](OC(=O)/C=C/c2ccccc2)C[C@H](O)[C@@]2(C)[C@@H](O)[C@H](OC(C)=O)C3=C(C)C(=O)CC([C@@H](O)[C@H]12)C3(C)C. The molecule has 4 rings (SSSR count). The van der Waals surface area contributed by atoms with Gasteiger partial charge in [-0.2, -0.15) is 0 Å². The molecule has 39 heavy (non-hydrogen) atoms. The van der Waals surface area contributed by atoms with E-state index in [9.17, 15) is 29.7 Å². The normalized spacial score (nSPS) is 36.2. The zero-order chi connectivity index (χ0) is 28.9. The molecule has 8 nitrogen and oxygen atoms in total. The van der Waals surface area contributed by atoms with Crippen LogP contribution < -0.4 is 0 Å². The number of ether oxygens (including phenoxy) is 2. The van der Waals surface area contributed by atoms with Gasteiger partial charge in [-0.1, -0.05) is 57.7 Å². The number of allylic oxidation sites excluding steroid dienone is 1. The maximum Gasteiger partial charge on any atom is 0.331 e. The number of benzene rings is 1. The van der Waals surface area contributed by atoms with Crippen LogP contribution in [0.3, 0.4) is 0 Å². The molecule has 3 aliphatic carbocycles. The van der Waals surface area contributed by atoms with E-state index in [0.717, 1.165) is 5.56 Å². The lowest BCUT2D eigenvalue weighted by molar-refractivity contribution is -0.205. The van der Waals surface area contributed by atoms with Crippen molar-refractivity contribution < 1.29 is 39.2 Å². The molecule has 3 aliphatic rings. The van der Waals surface area contributed by atoms with Crippen LogP contribution in [0, 0.1) is 22.7 Å². The minimum Gasteiger partial charge on any atom is -0.455 e. The largest absolute Gasteiger partial charge is 0.455 e. The number of carbonyl (C=O) groups excluding carboxylic acids is 3. The van der Waals surface area contributed by atoms with E-state index in [1.54, 1.807) is 19.9 Å². The Balaban J connectivity index is 1.75. The highest BCUT2D eigenvalue weighted by Crippen LogP contribution is 2.59. The second kappa shape index (κ2) is 10.5. The van der Waals surface area contributed by atoms with E-state index in [4.69, 9.17) is 9.47 Å². The molecule has 8 heteroatoms. The Kier molecular flexibility index (Phi) is 7.78. The predicted molar refractivity (Wildman–Crippen MR) is 144 cm³/mol. The van der Waals surface area contributed by atoms with Crippen molar-refractivity contribution in [2.75, 3.05) is 0 Å². The Hall–Kier alpha value is -3.07. The van der Waals surface area contributed by atoms with Crippen LogP contribution in [0.15, 0.2) is 59.7 Å². The van der Waals surface area contributed by atoms with Crippen molar-refractivity contribution in [3.05, 3.63) is 65.3 Å². The minimum absolute atomic E-state index is 0.0343. The number of fused-ring (bicyclic) bond motifs is 3. The molecule has 0 spiro atoms. The predicted octanol–water partition coefficient (Wildman–Crippen LogP) is 3.15. The second-order valence-corrected chi connectivity index (χ2v) is 11.8. The van der Waals surface area contributed by atoms with Crippen molar-refractivity contribution in [1.82, 2.24) is 0 Å². The highest BCUT2D eigenvalue weighted by molar-refractivity contribution is 5.97. The van der Waals surface area contributed by atoms with Crippen molar-refractivity contribution >= 4 is 23.8 Å². The number of esters is 2. The monoisotopic (exact) mass is 538 g/mol. The molecule has 1 aromatic carbocycles. The Labute approximate surface area is 229 Å². The number of rotatable bonds is 4. The highest BCUT2D eigenvalue weighted by atomic mass is 16.6. The van der Waals surface area contributed by atoms with E-state index in [2.05, 4.69) is 6.58 Å². The molecule has 0 aliphatic heterocycles. The average molecular weight is 539 g/mol. The Morgan fingerprint density at radius 3 is 2.33 bits per heavy atom. The van der Waals surface area contributed by atoms with Gasteiger partial charge in [0.15, 0.2) is 11.9 Å². The first-order valence-electron chi connectivity index (χ1n) is 13.3. The number of ketones is 1. The van der Waals surface area contributed by atoms with Crippen LogP contribution in [-0.4, -0.2) is 63.6 Å². The van der Waals surface area contributed by atoms with E-state index >= 15 is 0 Å². The Morgan fingerprint density at radius 2 is 1.72 bits per heavy atom. The Bertz CT molecular complexity index is 1230. The summed E-state index contributed by atoms with van der Waals surface area (Å²) >= 11 is 0. The number of aliphatic hydroxyl groups excluding tert-OH is 3. The van der Waals surface area contributed by atoms with E-state index in [0.29, 0.717) is 16.7 Å². The van der Waals surface area contributed by atoms with Gasteiger partial charge in [-0.25, -0.2) is 4.79 Å². The zero-order valence-electron chi connectivity index (χ0n) is 23.1. The summed E-state index contributed by atoms with van der Waals surface area (Å²) < 4.78 is 11.4. The standard InChI is InChI=1S/C31H38O8/c1-16-21(33)14-20-27(36)25-17(2)22(39-24(35)13-12-19-10-8-7-9-11-19)15-23(34)31(25,6)29(37)28(38-18(3)32)26(16)30(20,4)5/h7-13,20,22-23,25,27-29,34,36-37H,2,14-15H2,1,3-6H3/b13-12+/t20?,22-,23-,25-,27+,28+,29-,31+/m0/s1. The smallest absolute Gasteiger partial charge is 0.331 e. The van der Waals surface area contributed by atoms with E-state index < -0.39 is 65.1 Å². The number of carbonyl (C=O) groups is 3. The van der Waals surface area contributed by atoms with Gasteiger partial charge in [0.25, 0.3) is 0 Å². The molecule has 0 saturated heterocycles. The summed E-state index contributed by atoms with van der Waals surface area (Å²) in [6.45, 7) is 12.4. The Morgan fingerprint density at radius 1 is 1.08 bits per heavy atom. The number of hydrogen-bond donors (Lipinski definition) is 3. The maximum atomic E-state index is 13.1. The van der Waals surface area contributed by atoms with E-state index in [-0.39, 0.29) is 18.6 Å². The number of aliphatic hydroxyl groups is 3. The summed E-state index contributed by atoms with van der Waals surface area (Å²) in [7, 11) is 0. The number of hydrogen-bond acceptors (Lipinski definition) is 8. The summed E-state index contributed by atoms with van der Waals surface area (Å²) in [6.07, 6.45) is -3.27. The summed E-state index contributed by atoms with van der Waals surface area (Å²) in [5.74, 6) is -3.10. The first kappa shape index (κ1) is 28.9. The lowest BCUT2D eigenvalue weighted by Gasteiger charge is -2.59. The maximum absolute atomic E-state index is 13.1. The van der Waals surface area contributed by atoms with E-state index in [1.165, 1.54) is 13.0 Å². The first-order valence-corrected chi connectivity index (χ1v) is 13.3. The minimum atomic E-state index is -1.49. The van der Waals surface area contributed by atoms with Gasteiger partial charge in [0, 0.05) is 43.1 Å². The molecular weight excluding hydrogens is 500 g/mol. The lowest BCUT2D eigenvalue weighted by Crippen LogP contribution is -2.66. The van der Waals surface area contributed by atoms with Gasteiger partial charge in [0.05, 0.1) is 12.2 Å². The molecule has 0 radical (unpaired) electrons. The highest BCUT2D eigenvalue weighted by Gasteiger charge is 2.64. The van der Waals surface area contributed by atoms with Gasteiger partial charge in [0.2, 0.25) is 0 Å².